The molecule has 128 valence electrons. The van der Waals surface area contributed by atoms with Gasteiger partial charge < -0.3 is 9.47 Å². The maximum Gasteiger partial charge on any atom is 0.316 e. The molecule has 3 rings (SSSR count). The molecule has 0 bridgehead atoms. The monoisotopic (exact) mass is 328 g/mol. The molecular formula is C20H24O4. The molecule has 24 heavy (non-hydrogen) atoms. The minimum atomic E-state index is -0.539. The molecule has 2 fully saturated rings. The van der Waals surface area contributed by atoms with Crippen LogP contribution in [0.2, 0.25) is 0 Å². The first-order chi connectivity index (χ1) is 11.2. The molecule has 0 spiro atoms. The van der Waals surface area contributed by atoms with E-state index in [0.29, 0.717) is 25.2 Å². The van der Waals surface area contributed by atoms with Gasteiger partial charge in [0.1, 0.15) is 5.75 Å². The molecule has 1 heterocycles. The smallest absolute Gasteiger partial charge is 0.316 e. The number of hydrogen-bond acceptors (Lipinski definition) is 4. The van der Waals surface area contributed by atoms with Crippen molar-refractivity contribution in [2.75, 3.05) is 6.61 Å². The van der Waals surface area contributed by atoms with E-state index >= 15 is 0 Å². The fourth-order valence-electron chi connectivity index (χ4n) is 3.56. The lowest BCUT2D eigenvalue weighted by atomic mass is 9.75. The summed E-state index contributed by atoms with van der Waals surface area (Å²) in [6.45, 7) is 10.0. The second-order valence-corrected chi connectivity index (χ2v) is 8.04. The topological polar surface area (TPSA) is 52.6 Å². The summed E-state index contributed by atoms with van der Waals surface area (Å²) in [5.74, 6) is 0.392. The van der Waals surface area contributed by atoms with E-state index < -0.39 is 10.8 Å². The van der Waals surface area contributed by atoms with Gasteiger partial charge in [-0.1, -0.05) is 24.3 Å². The van der Waals surface area contributed by atoms with Gasteiger partial charge in [-0.2, -0.15) is 0 Å². The van der Waals surface area contributed by atoms with Gasteiger partial charge in [-0.25, -0.2) is 0 Å². The number of carbonyl (C=O) groups is 2. The second kappa shape index (κ2) is 5.76. The molecule has 0 amide bonds. The summed E-state index contributed by atoms with van der Waals surface area (Å²) in [6.07, 6.45) is 2.22. The van der Waals surface area contributed by atoms with Gasteiger partial charge in [0, 0.05) is 5.92 Å². The first-order valence-electron chi connectivity index (χ1n) is 8.36. The predicted octanol–water partition coefficient (Wildman–Crippen LogP) is 3.69. The summed E-state index contributed by atoms with van der Waals surface area (Å²) < 4.78 is 10.7. The Labute approximate surface area is 142 Å². The summed E-state index contributed by atoms with van der Waals surface area (Å²) in [5.41, 5.74) is 1.18. The highest BCUT2D eigenvalue weighted by Gasteiger charge is 2.55. The first kappa shape index (κ1) is 16.7. The van der Waals surface area contributed by atoms with Crippen LogP contribution in [0.1, 0.15) is 39.2 Å². The summed E-state index contributed by atoms with van der Waals surface area (Å²) in [4.78, 5) is 24.2. The van der Waals surface area contributed by atoms with Crippen LogP contribution in [0.15, 0.2) is 36.4 Å². The zero-order chi connectivity index (χ0) is 17.5. The Kier molecular flexibility index (Phi) is 4.02. The molecule has 2 unspecified atom stereocenters. The Morgan fingerprint density at radius 2 is 2.00 bits per heavy atom. The fourth-order valence-corrected chi connectivity index (χ4v) is 3.56. The Hall–Kier alpha value is -2.10. The van der Waals surface area contributed by atoms with Gasteiger partial charge in [0.05, 0.1) is 17.4 Å². The predicted molar refractivity (Wildman–Crippen MR) is 90.5 cm³/mol. The molecule has 2 aliphatic rings. The lowest BCUT2D eigenvalue weighted by Gasteiger charge is -2.24. The Balaban J connectivity index is 1.74. The minimum absolute atomic E-state index is 0.102. The number of cyclic esters (lactones) is 1. The highest BCUT2D eigenvalue weighted by Crippen LogP contribution is 2.52. The highest BCUT2D eigenvalue weighted by molar-refractivity contribution is 5.81. The van der Waals surface area contributed by atoms with Gasteiger partial charge in [0.15, 0.2) is 0 Å². The van der Waals surface area contributed by atoms with Crippen molar-refractivity contribution in [3.63, 3.8) is 0 Å². The van der Waals surface area contributed by atoms with E-state index in [9.17, 15) is 9.59 Å². The Morgan fingerprint density at radius 1 is 1.33 bits per heavy atom. The third-order valence-corrected chi connectivity index (χ3v) is 4.97. The lowest BCUT2D eigenvalue weighted by Crippen LogP contribution is -2.31. The molecule has 1 aromatic carbocycles. The van der Waals surface area contributed by atoms with Crippen LogP contribution in [0.3, 0.4) is 0 Å². The van der Waals surface area contributed by atoms with Crippen molar-refractivity contribution in [3.8, 4) is 5.75 Å². The van der Waals surface area contributed by atoms with Gasteiger partial charge in [-0.15, -0.1) is 0 Å². The average Bonchev–Trinajstić information content (AvgIpc) is 2.95. The summed E-state index contributed by atoms with van der Waals surface area (Å²) in [7, 11) is 0. The van der Waals surface area contributed by atoms with Crippen molar-refractivity contribution in [1.29, 1.82) is 0 Å². The van der Waals surface area contributed by atoms with Crippen molar-refractivity contribution in [2.45, 2.75) is 40.0 Å². The maximum absolute atomic E-state index is 12.3. The second-order valence-electron chi connectivity index (χ2n) is 8.04. The normalized spacial score (nSPS) is 26.2. The molecule has 4 nitrogen and oxygen atoms in total. The van der Waals surface area contributed by atoms with E-state index in [1.165, 1.54) is 0 Å². The van der Waals surface area contributed by atoms with Crippen LogP contribution in [0.25, 0.3) is 0 Å². The molecule has 1 aliphatic heterocycles. The van der Waals surface area contributed by atoms with Crippen molar-refractivity contribution >= 4 is 11.9 Å². The molecule has 1 saturated carbocycles. The Morgan fingerprint density at radius 3 is 2.62 bits per heavy atom. The lowest BCUT2D eigenvalue weighted by molar-refractivity contribution is -0.146. The molecular weight excluding hydrogens is 304 g/mol. The van der Waals surface area contributed by atoms with Crippen molar-refractivity contribution in [2.24, 2.45) is 16.7 Å². The van der Waals surface area contributed by atoms with Crippen LogP contribution in [-0.2, 0) is 20.7 Å². The third kappa shape index (κ3) is 2.97. The van der Waals surface area contributed by atoms with Crippen molar-refractivity contribution in [1.82, 2.24) is 0 Å². The summed E-state index contributed by atoms with van der Waals surface area (Å²) in [6, 6.07) is 7.41. The van der Waals surface area contributed by atoms with Crippen LogP contribution in [0.4, 0.5) is 0 Å². The van der Waals surface area contributed by atoms with E-state index in [1.807, 2.05) is 32.9 Å². The Bertz CT molecular complexity index is 681. The van der Waals surface area contributed by atoms with Crippen LogP contribution < -0.4 is 4.74 Å². The van der Waals surface area contributed by atoms with Gasteiger partial charge >= 0.3 is 11.9 Å². The molecule has 4 heteroatoms. The number of carbonyl (C=O) groups excluding carboxylic acids is 2. The summed E-state index contributed by atoms with van der Waals surface area (Å²) in [5, 5.41) is 0. The summed E-state index contributed by atoms with van der Waals surface area (Å²) >= 11 is 0. The molecule has 0 radical (unpaired) electrons. The molecule has 1 saturated heterocycles. The molecule has 1 aromatic rings. The fraction of sp³-hybridized carbons (Fsp3) is 0.500. The van der Waals surface area contributed by atoms with Gasteiger partial charge in [-0.05, 0) is 57.7 Å². The van der Waals surface area contributed by atoms with Crippen LogP contribution in [0.5, 0.6) is 5.75 Å². The van der Waals surface area contributed by atoms with E-state index in [4.69, 9.17) is 9.47 Å². The standard InChI is InChI=1S/C20H24O4/c1-13-9-15-12-23-18(22)20(15,10-13)11-14-5-7-16(8-6-14)24-17(21)19(2,3)4/h5-8,15H,1,9-12H2,2-4H3. The minimum Gasteiger partial charge on any atom is -0.465 e. The molecule has 2 atom stereocenters. The van der Waals surface area contributed by atoms with Gasteiger partial charge in [-0.3, -0.25) is 9.59 Å². The van der Waals surface area contributed by atoms with Crippen LogP contribution >= 0.6 is 0 Å². The number of fused-ring (bicyclic) bond motifs is 1. The number of ether oxygens (including phenoxy) is 2. The van der Waals surface area contributed by atoms with Crippen LogP contribution in [-0.4, -0.2) is 18.5 Å². The largest absolute Gasteiger partial charge is 0.465 e. The zero-order valence-electron chi connectivity index (χ0n) is 14.6. The quantitative estimate of drug-likeness (QED) is 0.482. The van der Waals surface area contributed by atoms with E-state index in [2.05, 4.69) is 6.58 Å². The van der Waals surface area contributed by atoms with Gasteiger partial charge in [0.2, 0.25) is 0 Å². The average molecular weight is 328 g/mol. The third-order valence-electron chi connectivity index (χ3n) is 4.97. The number of hydrogen-bond donors (Lipinski definition) is 0. The number of allylic oxidation sites excluding steroid dienone is 1. The first-order valence-corrected chi connectivity index (χ1v) is 8.36. The van der Waals surface area contributed by atoms with E-state index in [-0.39, 0.29) is 17.9 Å². The number of esters is 2. The number of benzene rings is 1. The van der Waals surface area contributed by atoms with E-state index in [0.717, 1.165) is 17.6 Å². The van der Waals surface area contributed by atoms with Crippen molar-refractivity contribution < 1.29 is 19.1 Å². The molecule has 0 aromatic heterocycles. The van der Waals surface area contributed by atoms with Crippen molar-refractivity contribution in [3.05, 3.63) is 42.0 Å². The molecule has 1 aliphatic carbocycles. The highest BCUT2D eigenvalue weighted by atomic mass is 16.5. The molecule has 0 N–H and O–H groups in total. The maximum atomic E-state index is 12.3. The van der Waals surface area contributed by atoms with Gasteiger partial charge in [0.25, 0.3) is 0 Å². The SMILES string of the molecule is C=C1CC2COC(=O)C2(Cc2ccc(OC(=O)C(C)(C)C)cc2)C1. The van der Waals surface area contributed by atoms with Crippen LogP contribution in [0, 0.1) is 16.7 Å². The number of rotatable bonds is 3. The van der Waals surface area contributed by atoms with E-state index in [1.54, 1.807) is 12.1 Å². The zero-order valence-corrected chi connectivity index (χ0v) is 14.6.